The molecule has 0 aliphatic heterocycles. The van der Waals surface area contributed by atoms with Crippen molar-refractivity contribution < 1.29 is 24.2 Å². The summed E-state index contributed by atoms with van der Waals surface area (Å²) < 4.78 is 5.84. The van der Waals surface area contributed by atoms with Gasteiger partial charge in [0.05, 0.1) is 30.5 Å². The molecule has 0 fully saturated rings. The van der Waals surface area contributed by atoms with Gasteiger partial charge >= 0.3 is 5.97 Å². The highest BCUT2D eigenvalue weighted by atomic mass is 16.5. The van der Waals surface area contributed by atoms with E-state index in [1.165, 1.54) is 0 Å². The molecule has 7 nitrogen and oxygen atoms in total. The molecule has 0 unspecified atom stereocenters. The van der Waals surface area contributed by atoms with Gasteiger partial charge in [0.15, 0.2) is 0 Å². The smallest absolute Gasteiger partial charge is 0.309 e. The molecular formula is C38H46N2O5. The Labute approximate surface area is 267 Å². The minimum Gasteiger partial charge on any atom is -0.463 e. The number of hydrogen-bond acceptors (Lipinski definition) is 5. The first-order valence-corrected chi connectivity index (χ1v) is 15.6. The van der Waals surface area contributed by atoms with E-state index in [1.807, 2.05) is 91.0 Å². The predicted molar refractivity (Wildman–Crippen MR) is 178 cm³/mol. The number of amides is 2. The van der Waals surface area contributed by atoms with Crippen molar-refractivity contribution in [3.63, 3.8) is 0 Å². The first-order valence-electron chi connectivity index (χ1n) is 15.6. The molecule has 238 valence electrons. The molecule has 3 N–H and O–H groups in total. The number of carbonyl (C=O) groups excluding carboxylic acids is 3. The zero-order chi connectivity index (χ0) is 32.3. The van der Waals surface area contributed by atoms with E-state index in [9.17, 15) is 19.5 Å². The van der Waals surface area contributed by atoms with E-state index in [0.29, 0.717) is 38.5 Å². The first kappa shape index (κ1) is 35.0. The van der Waals surface area contributed by atoms with E-state index in [-0.39, 0.29) is 43.3 Å². The monoisotopic (exact) mass is 610 g/mol. The number of hydrogen-bond donors (Lipinski definition) is 3. The molecule has 0 spiro atoms. The second kappa shape index (κ2) is 19.7. The minimum absolute atomic E-state index is 0.00445. The summed E-state index contributed by atoms with van der Waals surface area (Å²) in [5, 5.41) is 15.8. The number of aliphatic hydroxyl groups excluding tert-OH is 1. The Hall–Kier alpha value is -4.49. The summed E-state index contributed by atoms with van der Waals surface area (Å²) in [5.41, 5.74) is 3.03. The summed E-state index contributed by atoms with van der Waals surface area (Å²) in [4.78, 5) is 39.8. The molecule has 0 aromatic heterocycles. The molecule has 0 aliphatic rings. The molecule has 7 heteroatoms. The molecule has 3 aromatic rings. The van der Waals surface area contributed by atoms with Crippen LogP contribution in [-0.4, -0.2) is 48.2 Å². The van der Waals surface area contributed by atoms with Crippen molar-refractivity contribution in [1.29, 1.82) is 0 Å². The zero-order valence-electron chi connectivity index (χ0n) is 26.0. The maximum Gasteiger partial charge on any atom is 0.309 e. The van der Waals surface area contributed by atoms with Crippen LogP contribution < -0.4 is 10.6 Å². The van der Waals surface area contributed by atoms with Gasteiger partial charge in [0, 0.05) is 6.42 Å². The Kier molecular flexibility index (Phi) is 15.3. The highest BCUT2D eigenvalue weighted by Crippen LogP contribution is 2.18. The number of ether oxygens (including phenoxy) is 1. The SMILES string of the molecule is C=CCC[C@H](Cc1ccccc1)C(=O)OC[C@@H](Cc1ccccc1)NC(=O)[C@H](CC=C)CC(=O)N[C@H](CO)Cc1ccccc1. The van der Waals surface area contributed by atoms with Crippen molar-refractivity contribution in [2.75, 3.05) is 13.2 Å². The van der Waals surface area contributed by atoms with Crippen molar-refractivity contribution in [1.82, 2.24) is 10.6 Å². The number of rotatable bonds is 20. The van der Waals surface area contributed by atoms with Crippen LogP contribution in [-0.2, 0) is 38.4 Å². The highest BCUT2D eigenvalue weighted by molar-refractivity contribution is 5.86. The van der Waals surface area contributed by atoms with Gasteiger partial charge in [-0.3, -0.25) is 14.4 Å². The largest absolute Gasteiger partial charge is 0.463 e. The number of allylic oxidation sites excluding steroid dienone is 2. The lowest BCUT2D eigenvalue weighted by molar-refractivity contribution is -0.150. The molecule has 4 atom stereocenters. The average molecular weight is 611 g/mol. The van der Waals surface area contributed by atoms with Gasteiger partial charge in [0.2, 0.25) is 11.8 Å². The lowest BCUT2D eigenvalue weighted by Gasteiger charge is -2.24. The Bertz CT molecular complexity index is 1330. The van der Waals surface area contributed by atoms with E-state index in [1.54, 1.807) is 12.2 Å². The Morgan fingerprint density at radius 1 is 0.711 bits per heavy atom. The van der Waals surface area contributed by atoms with Crippen molar-refractivity contribution in [3.05, 3.63) is 133 Å². The summed E-state index contributed by atoms with van der Waals surface area (Å²) >= 11 is 0. The van der Waals surface area contributed by atoms with Gasteiger partial charge < -0.3 is 20.5 Å². The topological polar surface area (TPSA) is 105 Å². The van der Waals surface area contributed by atoms with Gasteiger partial charge in [-0.2, -0.15) is 0 Å². The normalized spacial score (nSPS) is 13.4. The van der Waals surface area contributed by atoms with Gasteiger partial charge in [0.1, 0.15) is 6.61 Å². The Morgan fingerprint density at radius 2 is 1.24 bits per heavy atom. The summed E-state index contributed by atoms with van der Waals surface area (Å²) in [7, 11) is 0. The maximum atomic E-state index is 13.5. The molecule has 0 saturated heterocycles. The summed E-state index contributed by atoms with van der Waals surface area (Å²) in [5.74, 6) is -1.98. The molecule has 0 saturated carbocycles. The number of esters is 1. The average Bonchev–Trinajstić information content (AvgIpc) is 3.06. The van der Waals surface area contributed by atoms with Crippen LogP contribution in [0.25, 0.3) is 0 Å². The zero-order valence-corrected chi connectivity index (χ0v) is 26.0. The van der Waals surface area contributed by atoms with E-state index < -0.39 is 18.0 Å². The van der Waals surface area contributed by atoms with E-state index >= 15 is 0 Å². The van der Waals surface area contributed by atoms with Gasteiger partial charge in [0.25, 0.3) is 0 Å². The second-order valence-electron chi connectivity index (χ2n) is 11.3. The van der Waals surface area contributed by atoms with Crippen LogP contribution in [0.4, 0.5) is 0 Å². The molecule has 0 aliphatic carbocycles. The van der Waals surface area contributed by atoms with Crippen molar-refractivity contribution >= 4 is 17.8 Å². The molecule has 0 radical (unpaired) electrons. The van der Waals surface area contributed by atoms with Crippen LogP contribution >= 0.6 is 0 Å². The van der Waals surface area contributed by atoms with E-state index in [4.69, 9.17) is 4.74 Å². The number of nitrogens with one attached hydrogen (secondary N) is 2. The van der Waals surface area contributed by atoms with Crippen LogP contribution in [0.2, 0.25) is 0 Å². The van der Waals surface area contributed by atoms with Crippen molar-refractivity contribution in [3.8, 4) is 0 Å². The van der Waals surface area contributed by atoms with Gasteiger partial charge in [-0.25, -0.2) is 0 Å². The quantitative estimate of drug-likeness (QED) is 0.118. The summed E-state index contributed by atoms with van der Waals surface area (Å²) in [6.45, 7) is 7.35. The molecule has 0 heterocycles. The fourth-order valence-electron chi connectivity index (χ4n) is 5.25. The summed E-state index contributed by atoms with van der Waals surface area (Å²) in [6, 6.07) is 28.1. The lowest BCUT2D eigenvalue weighted by atomic mass is 9.95. The van der Waals surface area contributed by atoms with Crippen LogP contribution in [0.3, 0.4) is 0 Å². The van der Waals surface area contributed by atoms with E-state index in [0.717, 1.165) is 16.7 Å². The Morgan fingerprint density at radius 3 is 1.76 bits per heavy atom. The number of carbonyl (C=O) groups is 3. The Balaban J connectivity index is 1.66. The van der Waals surface area contributed by atoms with Crippen LogP contribution in [0.1, 0.15) is 42.4 Å². The second-order valence-corrected chi connectivity index (χ2v) is 11.3. The fourth-order valence-corrected chi connectivity index (χ4v) is 5.25. The van der Waals surface area contributed by atoms with Gasteiger partial charge in [-0.15, -0.1) is 13.2 Å². The number of aliphatic hydroxyl groups is 1. The molecular weight excluding hydrogens is 564 g/mol. The minimum atomic E-state index is -0.675. The predicted octanol–water partition coefficient (Wildman–Crippen LogP) is 5.38. The third kappa shape index (κ3) is 13.0. The third-order valence-corrected chi connectivity index (χ3v) is 7.64. The molecule has 45 heavy (non-hydrogen) atoms. The standard InChI is InChI=1S/C38H46N2O5/c1-3-5-22-33(23-29-16-9-6-10-17-29)38(44)45-28-35(25-31-20-13-8-14-21-31)40-37(43)32(15-4-2)26-36(42)39-34(27-41)24-30-18-11-7-12-19-30/h3-4,6-14,16-21,32-35,41H,1-2,5,15,22-28H2,(H,39,42)(H,40,43)/t32-,33-,34+,35-/m1/s1. The number of benzene rings is 3. The van der Waals surface area contributed by atoms with Crippen LogP contribution in [0.5, 0.6) is 0 Å². The molecule has 3 aromatic carbocycles. The molecule has 0 bridgehead atoms. The maximum absolute atomic E-state index is 13.5. The first-order chi connectivity index (χ1) is 21.9. The van der Waals surface area contributed by atoms with Gasteiger partial charge in [-0.05, 0) is 55.2 Å². The highest BCUT2D eigenvalue weighted by Gasteiger charge is 2.27. The van der Waals surface area contributed by atoms with Crippen LogP contribution in [0.15, 0.2) is 116 Å². The molecule has 3 rings (SSSR count). The van der Waals surface area contributed by atoms with E-state index in [2.05, 4.69) is 23.8 Å². The fraction of sp³-hybridized carbons (Fsp3) is 0.342. The van der Waals surface area contributed by atoms with Gasteiger partial charge in [-0.1, -0.05) is 103 Å². The van der Waals surface area contributed by atoms with Crippen molar-refractivity contribution in [2.45, 2.75) is 57.0 Å². The lowest BCUT2D eigenvalue weighted by Crippen LogP contribution is -2.45. The molecule has 2 amide bonds. The summed E-state index contributed by atoms with van der Waals surface area (Å²) in [6.07, 6.45) is 6.42. The van der Waals surface area contributed by atoms with Crippen LogP contribution in [0, 0.1) is 11.8 Å². The third-order valence-electron chi connectivity index (χ3n) is 7.64. The van der Waals surface area contributed by atoms with Crippen molar-refractivity contribution in [2.24, 2.45) is 11.8 Å².